The minimum absolute atomic E-state index is 0.0669. The van der Waals surface area contributed by atoms with Crippen LogP contribution in [0.15, 0.2) is 35.6 Å². The number of alkyl halides is 9. The summed E-state index contributed by atoms with van der Waals surface area (Å²) in [6.07, 6.45) is -14.4. The number of pyridine rings is 1. The first-order valence-electron chi connectivity index (χ1n) is 19.4. The molecule has 2 saturated carbocycles. The first-order chi connectivity index (χ1) is 27.4. The van der Waals surface area contributed by atoms with Gasteiger partial charge in [-0.05, 0) is 75.5 Å². The second-order valence-electron chi connectivity index (χ2n) is 15.8. The van der Waals surface area contributed by atoms with Crippen molar-refractivity contribution in [2.75, 3.05) is 26.4 Å². The minimum Gasteiger partial charge on any atom is -0.482 e. The van der Waals surface area contributed by atoms with Crippen LogP contribution in [0.25, 0.3) is 10.9 Å². The highest BCUT2D eigenvalue weighted by Crippen LogP contribution is 2.60. The number of hydrogen-bond donors (Lipinski definition) is 1. The van der Waals surface area contributed by atoms with E-state index in [2.05, 4.69) is 10.3 Å². The number of allylic oxidation sites excluding steroid dienone is 1. The Kier molecular flexibility index (Phi) is 12.0. The van der Waals surface area contributed by atoms with Gasteiger partial charge in [-0.15, -0.1) is 0 Å². The van der Waals surface area contributed by atoms with E-state index < -0.39 is 102 Å². The number of fused-ring (bicyclic) bond motifs is 3. The van der Waals surface area contributed by atoms with Gasteiger partial charge >= 0.3 is 30.5 Å². The standard InChI is InChI=1S/C39H43F9N2O8/c1-20-15-21-17-22-8-9-30-36(21,58-57-22)27(16-20)25(35(55-30)39(46,47)48)19-53-13-14-54-31(51)10-11-32(52)56-34(28-7-2-3-12-49-28)24-18-29(38(43,44)45)50-33-23(24)5-4-6-26(33)37(40,41)42/h4-6,18,20-22,27-28,30,34,49H,2-3,7-17,19H2,1H3/t20-,21+,22-,27-,28?,30+,34?,36+/m0/s1. The van der Waals surface area contributed by atoms with E-state index in [1.807, 2.05) is 6.92 Å². The number of nitrogens with zero attached hydrogens (tertiary/aromatic N) is 1. The quantitative estimate of drug-likeness (QED) is 0.102. The fourth-order valence-electron chi connectivity index (χ4n) is 9.44. The van der Waals surface area contributed by atoms with Gasteiger partial charge in [-0.3, -0.25) is 9.59 Å². The predicted octanol–water partition coefficient (Wildman–Crippen LogP) is 8.47. The normalized spacial score (nSPS) is 29.3. The Bertz CT molecular complexity index is 1880. The van der Waals surface area contributed by atoms with E-state index in [4.69, 9.17) is 28.7 Å². The molecule has 8 atom stereocenters. The number of ether oxygens (including phenoxy) is 4. The summed E-state index contributed by atoms with van der Waals surface area (Å²) in [4.78, 5) is 40.7. The SMILES string of the molecule is C[C@H]1C[C@@H]2C[C@@H]3CC[C@H]4OC(C(F)(F)F)=C(COCCOC(=O)CCC(=O)OC(c5cc(C(F)(F)F)nc6c(C(F)(F)F)cccc56)C5CCCCN5)[C@H](C1)[C@]24OO3. The van der Waals surface area contributed by atoms with Gasteiger partial charge in [0, 0.05) is 28.5 Å². The number of esters is 2. The lowest BCUT2D eigenvalue weighted by molar-refractivity contribution is -0.447. The molecule has 2 unspecified atom stereocenters. The summed E-state index contributed by atoms with van der Waals surface area (Å²) in [5, 5.41) is 2.79. The molecule has 0 radical (unpaired) electrons. The zero-order chi connectivity index (χ0) is 41.6. The number of rotatable bonds is 11. The number of halogens is 9. The summed E-state index contributed by atoms with van der Waals surface area (Å²) in [5.41, 5.74) is -5.46. The van der Waals surface area contributed by atoms with Crippen LogP contribution in [0, 0.1) is 17.8 Å². The molecule has 1 N–H and O–H groups in total. The van der Waals surface area contributed by atoms with Crippen molar-refractivity contribution in [3.05, 3.63) is 52.4 Å². The fourth-order valence-corrected chi connectivity index (χ4v) is 9.44. The highest BCUT2D eigenvalue weighted by atomic mass is 19.4. The Hall–Kier alpha value is -3.68. The van der Waals surface area contributed by atoms with Crippen molar-refractivity contribution in [1.29, 1.82) is 0 Å². The molecule has 2 aromatic rings. The molecule has 1 aromatic heterocycles. The van der Waals surface area contributed by atoms with Crippen molar-refractivity contribution >= 4 is 22.8 Å². The molecule has 4 aliphatic heterocycles. The van der Waals surface area contributed by atoms with Crippen molar-refractivity contribution in [2.45, 2.75) is 120 Å². The van der Waals surface area contributed by atoms with Gasteiger partial charge in [-0.25, -0.2) is 14.8 Å². The summed E-state index contributed by atoms with van der Waals surface area (Å²) in [7, 11) is 0. The third kappa shape index (κ3) is 8.64. The number of hydrogen-bond acceptors (Lipinski definition) is 10. The van der Waals surface area contributed by atoms with Gasteiger partial charge in [0.1, 0.15) is 30.1 Å². The van der Waals surface area contributed by atoms with E-state index in [0.717, 1.165) is 12.5 Å². The van der Waals surface area contributed by atoms with Gasteiger partial charge in [0.2, 0.25) is 5.76 Å². The highest BCUT2D eigenvalue weighted by molar-refractivity contribution is 5.87. The molecule has 3 saturated heterocycles. The van der Waals surface area contributed by atoms with Gasteiger partial charge in [-0.1, -0.05) is 25.5 Å². The second-order valence-corrected chi connectivity index (χ2v) is 15.8. The Labute approximate surface area is 327 Å². The van der Waals surface area contributed by atoms with E-state index in [9.17, 15) is 49.1 Å². The van der Waals surface area contributed by atoms with Crippen molar-refractivity contribution in [3.63, 3.8) is 0 Å². The average molecular weight is 839 g/mol. The Balaban J connectivity index is 0.990. The van der Waals surface area contributed by atoms with Crippen LogP contribution in [-0.2, 0) is 50.7 Å². The fraction of sp³-hybridized carbons (Fsp3) is 0.667. The number of piperidine rings is 1. The molecular formula is C39H43F9N2O8. The molecule has 5 fully saturated rings. The summed E-state index contributed by atoms with van der Waals surface area (Å²) in [6, 6.07) is 2.62. The maximum atomic E-state index is 14.4. The van der Waals surface area contributed by atoms with Crippen LogP contribution in [-0.4, -0.2) is 73.3 Å². The zero-order valence-corrected chi connectivity index (χ0v) is 31.4. The number of carbonyl (C=O) groups excluding carboxylic acids is 2. The van der Waals surface area contributed by atoms with Crippen molar-refractivity contribution in [2.24, 2.45) is 17.8 Å². The van der Waals surface area contributed by atoms with Crippen LogP contribution < -0.4 is 5.32 Å². The maximum absolute atomic E-state index is 14.4. The topological polar surface area (TPSA) is 114 Å². The van der Waals surface area contributed by atoms with Crippen molar-refractivity contribution < 1.29 is 77.8 Å². The van der Waals surface area contributed by atoms with Gasteiger partial charge in [0.15, 0.2) is 0 Å². The summed E-state index contributed by atoms with van der Waals surface area (Å²) in [6.45, 7) is 1.22. The first kappa shape index (κ1) is 42.4. The third-order valence-electron chi connectivity index (χ3n) is 11.9. The summed E-state index contributed by atoms with van der Waals surface area (Å²) >= 11 is 0. The molecular weight excluding hydrogens is 795 g/mol. The van der Waals surface area contributed by atoms with E-state index in [1.165, 1.54) is 6.07 Å². The average Bonchev–Trinajstić information content (AvgIpc) is 3.43. The number of carbonyl (C=O) groups is 2. The third-order valence-corrected chi connectivity index (χ3v) is 11.9. The monoisotopic (exact) mass is 838 g/mol. The number of aromatic nitrogens is 1. The van der Waals surface area contributed by atoms with E-state index in [-0.39, 0.29) is 47.7 Å². The number of nitrogens with one attached hydrogen (secondary N) is 1. The van der Waals surface area contributed by atoms with Gasteiger partial charge in [0.05, 0.1) is 43.2 Å². The smallest absolute Gasteiger partial charge is 0.448 e. The predicted molar refractivity (Wildman–Crippen MR) is 183 cm³/mol. The van der Waals surface area contributed by atoms with Crippen LogP contribution in [0.5, 0.6) is 0 Å². The Morgan fingerprint density at radius 3 is 2.41 bits per heavy atom. The Morgan fingerprint density at radius 1 is 0.931 bits per heavy atom. The lowest BCUT2D eigenvalue weighted by Crippen LogP contribution is -2.64. The molecule has 10 nitrogen and oxygen atoms in total. The number of para-hydroxylation sites is 1. The van der Waals surface area contributed by atoms with E-state index >= 15 is 0 Å². The van der Waals surface area contributed by atoms with Crippen molar-refractivity contribution in [1.82, 2.24) is 10.3 Å². The van der Waals surface area contributed by atoms with Crippen LogP contribution in [0.1, 0.15) is 94.1 Å². The van der Waals surface area contributed by atoms with Gasteiger partial charge in [-0.2, -0.15) is 39.5 Å². The van der Waals surface area contributed by atoms with Gasteiger partial charge in [0.25, 0.3) is 0 Å². The van der Waals surface area contributed by atoms with Gasteiger partial charge < -0.3 is 24.3 Å². The molecule has 2 aliphatic carbocycles. The number of benzene rings is 1. The summed E-state index contributed by atoms with van der Waals surface area (Å²) in [5.74, 6) is -3.69. The zero-order valence-electron chi connectivity index (χ0n) is 31.4. The molecule has 0 amide bonds. The maximum Gasteiger partial charge on any atom is 0.448 e. The molecule has 19 heteroatoms. The van der Waals surface area contributed by atoms with Crippen LogP contribution in [0.2, 0.25) is 0 Å². The first-order valence-corrected chi connectivity index (χ1v) is 19.4. The Morgan fingerprint density at radius 2 is 1.71 bits per heavy atom. The minimum atomic E-state index is -5.14. The second kappa shape index (κ2) is 16.4. The molecule has 6 aliphatic rings. The summed E-state index contributed by atoms with van der Waals surface area (Å²) < 4.78 is 149. The van der Waals surface area contributed by atoms with E-state index in [1.54, 1.807) is 0 Å². The molecule has 8 rings (SSSR count). The molecule has 320 valence electrons. The molecule has 58 heavy (non-hydrogen) atoms. The lowest BCUT2D eigenvalue weighted by atomic mass is 9.58. The molecule has 5 heterocycles. The molecule has 2 bridgehead atoms. The van der Waals surface area contributed by atoms with Crippen LogP contribution in [0.4, 0.5) is 39.5 Å². The van der Waals surface area contributed by atoms with E-state index in [0.29, 0.717) is 63.6 Å². The molecule has 1 spiro atoms. The van der Waals surface area contributed by atoms with Crippen molar-refractivity contribution in [3.8, 4) is 0 Å². The molecule has 1 aromatic carbocycles. The largest absolute Gasteiger partial charge is 0.482 e. The van der Waals surface area contributed by atoms with Crippen LogP contribution in [0.3, 0.4) is 0 Å². The lowest BCUT2D eigenvalue weighted by Gasteiger charge is -2.57. The van der Waals surface area contributed by atoms with Crippen LogP contribution >= 0.6 is 0 Å². The highest BCUT2D eigenvalue weighted by Gasteiger charge is 2.66.